The Kier molecular flexibility index (Phi) is 3.43. The Bertz CT molecular complexity index is 859. The number of anilines is 1. The lowest BCUT2D eigenvalue weighted by molar-refractivity contribution is -0.132. The van der Waals surface area contributed by atoms with Gasteiger partial charge in [0.25, 0.3) is 0 Å². The first-order chi connectivity index (χ1) is 12.7. The van der Waals surface area contributed by atoms with E-state index in [9.17, 15) is 4.79 Å². The Morgan fingerprint density at radius 2 is 2.19 bits per heavy atom. The number of hydrogen-bond donors (Lipinski definition) is 0. The smallest absolute Gasteiger partial charge is 0.226 e. The molecule has 4 heterocycles. The number of rotatable bonds is 3. The fraction of sp³-hybridized carbons (Fsp3) is 0.524. The second-order valence-corrected chi connectivity index (χ2v) is 8.12. The van der Waals surface area contributed by atoms with E-state index < -0.39 is 0 Å². The molecule has 1 saturated carbocycles. The highest BCUT2D eigenvalue weighted by atomic mass is 16.2. The summed E-state index contributed by atoms with van der Waals surface area (Å²) in [5.41, 5.74) is 2.33. The van der Waals surface area contributed by atoms with E-state index in [4.69, 9.17) is 0 Å². The molecule has 2 aromatic rings. The zero-order chi connectivity index (χ0) is 17.9. The van der Waals surface area contributed by atoms with Crippen LogP contribution in [0.25, 0.3) is 5.82 Å². The van der Waals surface area contributed by atoms with Crippen molar-refractivity contribution in [3.8, 4) is 5.82 Å². The van der Waals surface area contributed by atoms with Crippen LogP contribution in [0.3, 0.4) is 0 Å². The summed E-state index contributed by atoms with van der Waals surface area (Å²) in [6.07, 6.45) is 7.09. The lowest BCUT2D eigenvalue weighted by atomic mass is 9.88. The van der Waals surface area contributed by atoms with Crippen molar-refractivity contribution in [1.29, 1.82) is 0 Å². The van der Waals surface area contributed by atoms with Crippen LogP contribution in [0.5, 0.6) is 0 Å². The number of aromatic nitrogens is 2. The molecule has 5 nitrogen and oxygen atoms in total. The average Bonchev–Trinajstić information content (AvgIpc) is 3.05. The van der Waals surface area contributed by atoms with Crippen LogP contribution in [0.2, 0.25) is 0 Å². The highest BCUT2D eigenvalue weighted by molar-refractivity contribution is 5.82. The van der Waals surface area contributed by atoms with Gasteiger partial charge in [-0.15, -0.1) is 0 Å². The summed E-state index contributed by atoms with van der Waals surface area (Å²) in [6, 6.07) is 8.52. The fourth-order valence-electron chi connectivity index (χ4n) is 4.97. The number of carbonyl (C=O) groups is 1. The van der Waals surface area contributed by atoms with Gasteiger partial charge in [-0.2, -0.15) is 0 Å². The molecular weight excluding hydrogens is 324 g/mol. The van der Waals surface area contributed by atoms with E-state index in [2.05, 4.69) is 57.6 Å². The predicted molar refractivity (Wildman–Crippen MR) is 101 cm³/mol. The maximum Gasteiger partial charge on any atom is 0.226 e. The average molecular weight is 350 g/mol. The van der Waals surface area contributed by atoms with E-state index in [-0.39, 0.29) is 11.5 Å². The number of pyridine rings is 1. The van der Waals surface area contributed by atoms with E-state index in [0.29, 0.717) is 11.8 Å². The van der Waals surface area contributed by atoms with Crippen molar-refractivity contribution in [1.82, 2.24) is 14.5 Å². The normalized spacial score (nSPS) is 29.0. The lowest BCUT2D eigenvalue weighted by Gasteiger charge is -2.47. The second kappa shape index (κ2) is 5.60. The second-order valence-electron chi connectivity index (χ2n) is 8.12. The standard InChI is InChI=1S/C21H26N4O/c1-3-10-25-17-6-4-9-22-19(17)24-11-5-7-18(24)21(25)8-12-23(14-21)20(26)16-13-15(16)2/h4-7,9,11,15-16H,3,8,10,12-14H2,1-2H3/t15-,16+,21+/m0/s1. The largest absolute Gasteiger partial charge is 0.355 e. The predicted octanol–water partition coefficient (Wildman–Crippen LogP) is 3.19. The SMILES string of the molecule is CCCN1c2cccnc2-n2cccc2[C@]12CCN(C(=O)[C@@H]1C[C@@H]1C)C2. The van der Waals surface area contributed by atoms with E-state index in [1.54, 1.807) is 0 Å². The van der Waals surface area contributed by atoms with Crippen molar-refractivity contribution in [2.45, 2.75) is 38.6 Å². The summed E-state index contributed by atoms with van der Waals surface area (Å²) in [5, 5.41) is 0. The van der Waals surface area contributed by atoms with Crippen LogP contribution in [0.15, 0.2) is 36.7 Å². The molecule has 0 N–H and O–H groups in total. The summed E-state index contributed by atoms with van der Waals surface area (Å²) in [6.45, 7) is 7.02. The lowest BCUT2D eigenvalue weighted by Crippen LogP contribution is -2.53. The van der Waals surface area contributed by atoms with E-state index in [0.717, 1.165) is 44.7 Å². The van der Waals surface area contributed by atoms with Crippen LogP contribution in [0, 0.1) is 11.8 Å². The summed E-state index contributed by atoms with van der Waals surface area (Å²) < 4.78 is 2.23. The maximum atomic E-state index is 12.9. The number of carbonyl (C=O) groups excluding carboxylic acids is 1. The van der Waals surface area contributed by atoms with Crippen LogP contribution in [-0.4, -0.2) is 40.0 Å². The molecule has 1 aliphatic carbocycles. The van der Waals surface area contributed by atoms with Gasteiger partial charge < -0.3 is 14.4 Å². The molecule has 0 unspecified atom stereocenters. The Hall–Kier alpha value is -2.30. The van der Waals surface area contributed by atoms with Gasteiger partial charge in [-0.1, -0.05) is 13.8 Å². The van der Waals surface area contributed by atoms with Crippen LogP contribution in [0.1, 0.15) is 38.8 Å². The molecule has 1 amide bonds. The van der Waals surface area contributed by atoms with Gasteiger partial charge in [-0.05, 0) is 49.4 Å². The molecule has 0 radical (unpaired) electrons. The van der Waals surface area contributed by atoms with Gasteiger partial charge in [0.1, 0.15) is 5.54 Å². The number of hydrogen-bond acceptors (Lipinski definition) is 3. The van der Waals surface area contributed by atoms with Crippen LogP contribution in [-0.2, 0) is 10.3 Å². The molecular formula is C21H26N4O. The third kappa shape index (κ3) is 2.09. The van der Waals surface area contributed by atoms with Crippen molar-refractivity contribution in [3.05, 3.63) is 42.4 Å². The van der Waals surface area contributed by atoms with E-state index in [1.807, 2.05) is 12.3 Å². The number of amides is 1. The zero-order valence-electron chi connectivity index (χ0n) is 15.6. The van der Waals surface area contributed by atoms with E-state index in [1.165, 1.54) is 11.4 Å². The summed E-state index contributed by atoms with van der Waals surface area (Å²) in [5.74, 6) is 2.19. The van der Waals surface area contributed by atoms with Gasteiger partial charge in [0.05, 0.1) is 11.4 Å². The van der Waals surface area contributed by atoms with Gasteiger partial charge in [0, 0.05) is 37.9 Å². The molecule has 1 spiro atoms. The van der Waals surface area contributed by atoms with Crippen molar-refractivity contribution in [2.75, 3.05) is 24.5 Å². The maximum absolute atomic E-state index is 12.9. The van der Waals surface area contributed by atoms with Gasteiger partial charge >= 0.3 is 0 Å². The molecule has 1 saturated heterocycles. The van der Waals surface area contributed by atoms with Gasteiger partial charge in [-0.3, -0.25) is 4.79 Å². The van der Waals surface area contributed by atoms with E-state index >= 15 is 0 Å². The zero-order valence-corrected chi connectivity index (χ0v) is 15.6. The number of likely N-dealkylation sites (tertiary alicyclic amines) is 1. The first-order valence-corrected chi connectivity index (χ1v) is 9.85. The Morgan fingerprint density at radius 3 is 2.96 bits per heavy atom. The molecule has 2 aliphatic heterocycles. The summed E-state index contributed by atoms with van der Waals surface area (Å²) >= 11 is 0. The third-order valence-corrected chi connectivity index (χ3v) is 6.46. The van der Waals surface area contributed by atoms with Gasteiger partial charge in [0.15, 0.2) is 5.82 Å². The molecule has 0 aromatic carbocycles. The monoisotopic (exact) mass is 350 g/mol. The van der Waals surface area contributed by atoms with Gasteiger partial charge in [-0.25, -0.2) is 4.98 Å². The van der Waals surface area contributed by atoms with Crippen LogP contribution >= 0.6 is 0 Å². The topological polar surface area (TPSA) is 41.4 Å². The Balaban J connectivity index is 1.58. The summed E-state index contributed by atoms with van der Waals surface area (Å²) in [4.78, 5) is 22.2. The molecule has 3 aliphatic rings. The fourth-order valence-corrected chi connectivity index (χ4v) is 4.97. The van der Waals surface area contributed by atoms with Crippen molar-refractivity contribution >= 4 is 11.6 Å². The van der Waals surface area contributed by atoms with Crippen molar-refractivity contribution < 1.29 is 4.79 Å². The third-order valence-electron chi connectivity index (χ3n) is 6.46. The Morgan fingerprint density at radius 1 is 1.35 bits per heavy atom. The minimum absolute atomic E-state index is 0.136. The van der Waals surface area contributed by atoms with Crippen molar-refractivity contribution in [3.63, 3.8) is 0 Å². The first kappa shape index (κ1) is 15.9. The van der Waals surface area contributed by atoms with Crippen molar-refractivity contribution in [2.24, 2.45) is 11.8 Å². The molecule has 2 aromatic heterocycles. The van der Waals surface area contributed by atoms with Crippen LogP contribution in [0.4, 0.5) is 5.69 Å². The highest BCUT2D eigenvalue weighted by Gasteiger charge is 2.52. The van der Waals surface area contributed by atoms with Gasteiger partial charge in [0.2, 0.25) is 5.91 Å². The molecule has 136 valence electrons. The molecule has 2 fully saturated rings. The first-order valence-electron chi connectivity index (χ1n) is 9.85. The molecule has 5 heteroatoms. The molecule has 0 bridgehead atoms. The molecule has 5 rings (SSSR count). The minimum Gasteiger partial charge on any atom is -0.355 e. The molecule has 3 atom stereocenters. The Labute approximate surface area is 154 Å². The number of fused-ring (bicyclic) bond motifs is 4. The summed E-state index contributed by atoms with van der Waals surface area (Å²) in [7, 11) is 0. The quantitative estimate of drug-likeness (QED) is 0.854. The van der Waals surface area contributed by atoms with Crippen LogP contribution < -0.4 is 4.90 Å². The number of nitrogens with zero attached hydrogens (tertiary/aromatic N) is 4. The highest BCUT2D eigenvalue weighted by Crippen LogP contribution is 2.48. The minimum atomic E-state index is -0.136. The molecule has 26 heavy (non-hydrogen) atoms.